The van der Waals surface area contributed by atoms with Gasteiger partial charge in [0.05, 0.1) is 4.90 Å². The van der Waals surface area contributed by atoms with Crippen molar-refractivity contribution in [2.24, 2.45) is 0 Å². The summed E-state index contributed by atoms with van der Waals surface area (Å²) in [6, 6.07) is 16.4. The molecular weight excluding hydrogens is 378 g/mol. The Bertz CT molecular complexity index is 739. The minimum Gasteiger partial charge on any atom is -0.490 e. The summed E-state index contributed by atoms with van der Waals surface area (Å²) >= 11 is 3.32. The van der Waals surface area contributed by atoms with E-state index < -0.39 is 10.0 Å². The van der Waals surface area contributed by atoms with Gasteiger partial charge in [-0.3, -0.25) is 0 Å². The molecule has 0 aliphatic carbocycles. The Labute approximate surface area is 145 Å². The van der Waals surface area contributed by atoms with Gasteiger partial charge in [0.2, 0.25) is 10.0 Å². The van der Waals surface area contributed by atoms with Crippen LogP contribution in [0.4, 0.5) is 0 Å². The number of para-hydroxylation sites is 1. The van der Waals surface area contributed by atoms with Gasteiger partial charge in [-0.05, 0) is 49.2 Å². The summed E-state index contributed by atoms with van der Waals surface area (Å²) in [7, 11) is -3.42. The maximum Gasteiger partial charge on any atom is 0.243 e. The first-order valence-electron chi connectivity index (χ1n) is 7.53. The molecule has 2 aromatic rings. The molecule has 2 aromatic carbocycles. The fourth-order valence-electron chi connectivity index (χ4n) is 2.64. The minimum absolute atomic E-state index is 0.0637. The van der Waals surface area contributed by atoms with Gasteiger partial charge in [0.15, 0.2) is 0 Å². The van der Waals surface area contributed by atoms with E-state index in [1.807, 2.05) is 30.3 Å². The van der Waals surface area contributed by atoms with Crippen LogP contribution in [0, 0.1) is 0 Å². The van der Waals surface area contributed by atoms with Crippen molar-refractivity contribution in [3.05, 3.63) is 59.1 Å². The number of benzene rings is 2. The molecule has 0 atom stereocenters. The maximum atomic E-state index is 12.6. The zero-order valence-electron chi connectivity index (χ0n) is 12.6. The average Bonchev–Trinajstić information content (AvgIpc) is 2.57. The Balaban J connectivity index is 1.63. The van der Waals surface area contributed by atoms with Gasteiger partial charge in [-0.25, -0.2) is 8.42 Å². The molecule has 0 radical (unpaired) electrons. The van der Waals surface area contributed by atoms with Crippen LogP contribution in [0.3, 0.4) is 0 Å². The molecule has 1 fully saturated rings. The first-order chi connectivity index (χ1) is 11.1. The highest BCUT2D eigenvalue weighted by molar-refractivity contribution is 9.10. The second kappa shape index (κ2) is 7.03. The van der Waals surface area contributed by atoms with Gasteiger partial charge in [0, 0.05) is 17.6 Å². The first kappa shape index (κ1) is 16.5. The lowest BCUT2D eigenvalue weighted by molar-refractivity contribution is 0.135. The van der Waals surface area contributed by atoms with Crippen molar-refractivity contribution in [1.82, 2.24) is 4.31 Å². The summed E-state index contributed by atoms with van der Waals surface area (Å²) in [5, 5.41) is 0. The number of sulfonamides is 1. The van der Waals surface area contributed by atoms with Gasteiger partial charge in [0.25, 0.3) is 0 Å². The first-order valence-corrected chi connectivity index (χ1v) is 9.76. The van der Waals surface area contributed by atoms with Gasteiger partial charge >= 0.3 is 0 Å². The van der Waals surface area contributed by atoms with Crippen LogP contribution in [0.2, 0.25) is 0 Å². The van der Waals surface area contributed by atoms with E-state index in [1.54, 1.807) is 28.6 Å². The molecule has 1 heterocycles. The van der Waals surface area contributed by atoms with E-state index in [2.05, 4.69) is 15.9 Å². The van der Waals surface area contributed by atoms with Crippen molar-refractivity contribution in [3.63, 3.8) is 0 Å². The molecule has 0 amide bonds. The lowest BCUT2D eigenvalue weighted by Crippen LogP contribution is -2.41. The number of ether oxygens (including phenoxy) is 1. The Kier molecular flexibility index (Phi) is 5.04. The normalized spacial score (nSPS) is 17.1. The zero-order valence-corrected chi connectivity index (χ0v) is 15.0. The van der Waals surface area contributed by atoms with Crippen LogP contribution in [0.25, 0.3) is 0 Å². The summed E-state index contributed by atoms with van der Waals surface area (Å²) < 4.78 is 33.6. The van der Waals surface area contributed by atoms with Crippen LogP contribution in [-0.4, -0.2) is 31.9 Å². The van der Waals surface area contributed by atoms with Crippen molar-refractivity contribution in [3.8, 4) is 5.75 Å². The molecule has 0 aromatic heterocycles. The number of nitrogens with zero attached hydrogens (tertiary/aromatic N) is 1. The summed E-state index contributed by atoms with van der Waals surface area (Å²) in [6.45, 7) is 0.964. The summed E-state index contributed by atoms with van der Waals surface area (Å²) in [6.07, 6.45) is 1.46. The van der Waals surface area contributed by atoms with Gasteiger partial charge in [-0.1, -0.05) is 34.1 Å². The number of rotatable bonds is 4. The van der Waals surface area contributed by atoms with Gasteiger partial charge in [-0.15, -0.1) is 0 Å². The largest absolute Gasteiger partial charge is 0.490 e. The van der Waals surface area contributed by atoms with Crippen molar-refractivity contribution in [2.45, 2.75) is 23.8 Å². The fourth-order valence-corrected chi connectivity index (χ4v) is 4.37. The molecule has 0 saturated carbocycles. The standard InChI is InChI=1S/C17H18BrNO3S/c18-14-6-8-17(9-7-14)23(20,21)19-12-10-16(11-13-19)22-15-4-2-1-3-5-15/h1-9,16H,10-13H2. The van der Waals surface area contributed by atoms with E-state index >= 15 is 0 Å². The highest BCUT2D eigenvalue weighted by atomic mass is 79.9. The van der Waals surface area contributed by atoms with E-state index in [1.165, 1.54) is 0 Å². The monoisotopic (exact) mass is 395 g/mol. The molecule has 1 aliphatic heterocycles. The third-order valence-corrected chi connectivity index (χ3v) is 6.34. The highest BCUT2D eigenvalue weighted by Gasteiger charge is 2.30. The predicted molar refractivity (Wildman–Crippen MR) is 93.0 cm³/mol. The maximum absolute atomic E-state index is 12.6. The van der Waals surface area contributed by atoms with Crippen LogP contribution in [0.1, 0.15) is 12.8 Å². The predicted octanol–water partition coefficient (Wildman–Crippen LogP) is 3.68. The van der Waals surface area contributed by atoms with E-state index in [4.69, 9.17) is 4.74 Å². The van der Waals surface area contributed by atoms with Gasteiger partial charge in [-0.2, -0.15) is 4.31 Å². The summed E-state index contributed by atoms with van der Waals surface area (Å²) in [5.41, 5.74) is 0. The molecule has 23 heavy (non-hydrogen) atoms. The molecule has 4 nitrogen and oxygen atoms in total. The van der Waals surface area contributed by atoms with Crippen molar-refractivity contribution >= 4 is 26.0 Å². The lowest BCUT2D eigenvalue weighted by Gasteiger charge is -2.31. The molecule has 3 rings (SSSR count). The lowest BCUT2D eigenvalue weighted by atomic mass is 10.1. The molecule has 0 unspecified atom stereocenters. The van der Waals surface area contributed by atoms with Crippen LogP contribution < -0.4 is 4.74 Å². The van der Waals surface area contributed by atoms with Gasteiger partial charge in [0.1, 0.15) is 11.9 Å². The molecule has 0 spiro atoms. The highest BCUT2D eigenvalue weighted by Crippen LogP contribution is 2.24. The van der Waals surface area contributed by atoms with Crippen LogP contribution in [0.15, 0.2) is 64.0 Å². The molecule has 0 N–H and O–H groups in total. The molecule has 0 bridgehead atoms. The van der Waals surface area contributed by atoms with E-state index in [9.17, 15) is 8.42 Å². The van der Waals surface area contributed by atoms with E-state index in [0.717, 1.165) is 10.2 Å². The Morgan fingerprint density at radius 3 is 2.17 bits per heavy atom. The van der Waals surface area contributed by atoms with Crippen molar-refractivity contribution in [1.29, 1.82) is 0 Å². The molecule has 1 aliphatic rings. The van der Waals surface area contributed by atoms with Gasteiger partial charge < -0.3 is 4.74 Å². The fraction of sp³-hybridized carbons (Fsp3) is 0.294. The van der Waals surface area contributed by atoms with E-state index in [0.29, 0.717) is 30.8 Å². The number of hydrogen-bond donors (Lipinski definition) is 0. The Morgan fingerprint density at radius 2 is 1.57 bits per heavy atom. The second-order valence-electron chi connectivity index (χ2n) is 5.49. The molecule has 1 saturated heterocycles. The second-order valence-corrected chi connectivity index (χ2v) is 8.34. The molecule has 122 valence electrons. The van der Waals surface area contributed by atoms with Crippen LogP contribution in [0.5, 0.6) is 5.75 Å². The van der Waals surface area contributed by atoms with Crippen molar-refractivity contribution < 1.29 is 13.2 Å². The number of piperidine rings is 1. The SMILES string of the molecule is O=S(=O)(c1ccc(Br)cc1)N1CCC(Oc2ccccc2)CC1. The third kappa shape index (κ3) is 3.94. The minimum atomic E-state index is -3.42. The quantitative estimate of drug-likeness (QED) is 0.792. The summed E-state index contributed by atoms with van der Waals surface area (Å²) in [5.74, 6) is 0.835. The number of hydrogen-bond acceptors (Lipinski definition) is 3. The third-order valence-electron chi connectivity index (χ3n) is 3.90. The topological polar surface area (TPSA) is 46.6 Å². The van der Waals surface area contributed by atoms with Crippen LogP contribution >= 0.6 is 15.9 Å². The van der Waals surface area contributed by atoms with E-state index in [-0.39, 0.29) is 6.10 Å². The average molecular weight is 396 g/mol. The Morgan fingerprint density at radius 1 is 0.957 bits per heavy atom. The molecular formula is C17H18BrNO3S. The zero-order chi connectivity index (χ0) is 16.3. The smallest absolute Gasteiger partial charge is 0.243 e. The Hall–Kier alpha value is -1.37. The molecule has 6 heteroatoms. The number of halogens is 1. The van der Waals surface area contributed by atoms with Crippen LogP contribution in [-0.2, 0) is 10.0 Å². The van der Waals surface area contributed by atoms with Crippen molar-refractivity contribution in [2.75, 3.05) is 13.1 Å². The summed E-state index contributed by atoms with van der Waals surface area (Å²) in [4.78, 5) is 0.336.